The van der Waals surface area contributed by atoms with E-state index in [-0.39, 0.29) is 22.6 Å². The molecule has 186 valence electrons. The van der Waals surface area contributed by atoms with Gasteiger partial charge < -0.3 is 5.32 Å². The number of carbonyl (C=O) groups excluding carboxylic acids is 2. The van der Waals surface area contributed by atoms with Gasteiger partial charge in [-0.2, -0.15) is 26.3 Å². The quantitative estimate of drug-likeness (QED) is 0.434. The third-order valence-electron chi connectivity index (χ3n) is 4.21. The van der Waals surface area contributed by atoms with Crippen molar-refractivity contribution in [2.75, 3.05) is 11.9 Å². The van der Waals surface area contributed by atoms with E-state index in [0.29, 0.717) is 0 Å². The summed E-state index contributed by atoms with van der Waals surface area (Å²) in [6.07, 6.45) is -10.7. The summed E-state index contributed by atoms with van der Waals surface area (Å²) in [5, 5.41) is 1.90. The van der Waals surface area contributed by atoms with E-state index in [1.54, 1.807) is 0 Å². The number of rotatable bonds is 8. The Bertz CT molecular complexity index is 1000. The molecule has 0 spiro atoms. The predicted octanol–water partition coefficient (Wildman–Crippen LogP) is 4.35. The molecule has 0 saturated heterocycles. The van der Waals surface area contributed by atoms with Crippen LogP contribution in [0.5, 0.6) is 0 Å². The number of carbonyl (C=O) groups is 2. The van der Waals surface area contributed by atoms with Gasteiger partial charge in [-0.05, 0) is 36.8 Å². The number of alkyl halides is 6. The van der Waals surface area contributed by atoms with Gasteiger partial charge in [0.1, 0.15) is 5.82 Å². The number of pyridine rings is 2. The topological polar surface area (TPSA) is 93.7 Å². The molecule has 0 aliphatic carbocycles. The summed E-state index contributed by atoms with van der Waals surface area (Å²) in [5.41, 5.74) is -0.125. The van der Waals surface area contributed by atoms with Crippen LogP contribution in [0, 0.1) is 6.92 Å². The Morgan fingerprint density at radius 3 is 2.38 bits per heavy atom. The first-order valence-corrected chi connectivity index (χ1v) is 9.61. The number of halogens is 6. The lowest BCUT2D eigenvalue weighted by Gasteiger charge is -2.31. The first-order chi connectivity index (χ1) is 15.7. The lowest BCUT2D eigenvalue weighted by molar-refractivity contribution is -0.402. The molecule has 0 aliphatic rings. The van der Waals surface area contributed by atoms with E-state index in [0.717, 1.165) is 25.3 Å². The van der Waals surface area contributed by atoms with Crippen LogP contribution >= 0.6 is 0 Å². The molecular formula is C20H20F6N4O4. The van der Waals surface area contributed by atoms with Crippen molar-refractivity contribution in [2.24, 2.45) is 0 Å². The zero-order chi connectivity index (χ0) is 25.7. The summed E-state index contributed by atoms with van der Waals surface area (Å²) >= 11 is 0. The maximum atomic E-state index is 13.9. The molecule has 34 heavy (non-hydrogen) atoms. The van der Waals surface area contributed by atoms with E-state index in [4.69, 9.17) is 4.84 Å². The minimum Gasteiger partial charge on any atom is -0.311 e. The predicted molar refractivity (Wildman–Crippen MR) is 105 cm³/mol. The number of aryl methyl sites for hydroxylation is 1. The van der Waals surface area contributed by atoms with E-state index in [1.807, 2.05) is 0 Å². The Morgan fingerprint density at radius 1 is 1.18 bits per heavy atom. The standard InChI is InChI=1S/C20H20F6N4O4/c1-11-7-15(8-16(28-11)29-13(3)31)12(2)17(20(24,25)26)34-30(33-10-19(21,22)23)18(32)14-5-4-6-27-9-14/h4-9,12,17H,10H2,1-3H3,(H,28,29,31). The van der Waals surface area contributed by atoms with Crippen LogP contribution in [0.15, 0.2) is 36.7 Å². The minimum absolute atomic E-state index is 0.0110. The molecule has 0 radical (unpaired) electrons. The molecule has 2 rings (SSSR count). The molecule has 0 aliphatic heterocycles. The van der Waals surface area contributed by atoms with Crippen molar-refractivity contribution in [2.45, 2.75) is 45.1 Å². The highest BCUT2D eigenvalue weighted by Crippen LogP contribution is 2.36. The number of anilines is 1. The Hall–Kier alpha value is -3.26. The van der Waals surface area contributed by atoms with E-state index in [1.165, 1.54) is 32.2 Å². The third kappa shape index (κ3) is 7.95. The molecular weight excluding hydrogens is 474 g/mol. The molecule has 8 nitrogen and oxygen atoms in total. The molecule has 2 heterocycles. The zero-order valence-electron chi connectivity index (χ0n) is 18.1. The van der Waals surface area contributed by atoms with Crippen LogP contribution in [0.2, 0.25) is 0 Å². The van der Waals surface area contributed by atoms with Gasteiger partial charge in [0.05, 0.1) is 5.56 Å². The largest absolute Gasteiger partial charge is 0.417 e. The molecule has 2 aromatic heterocycles. The summed E-state index contributed by atoms with van der Waals surface area (Å²) < 4.78 is 79.8. The number of hydrogen-bond donors (Lipinski definition) is 1. The number of amides is 2. The number of aromatic nitrogens is 2. The van der Waals surface area contributed by atoms with Gasteiger partial charge in [0, 0.05) is 30.9 Å². The third-order valence-corrected chi connectivity index (χ3v) is 4.21. The Morgan fingerprint density at radius 2 is 1.85 bits per heavy atom. The summed E-state index contributed by atoms with van der Waals surface area (Å²) in [6.45, 7) is 1.64. The molecule has 0 aromatic carbocycles. The van der Waals surface area contributed by atoms with Crippen LogP contribution in [-0.2, 0) is 14.5 Å². The summed E-state index contributed by atoms with van der Waals surface area (Å²) in [6, 6.07) is 4.80. The van der Waals surface area contributed by atoms with E-state index in [2.05, 4.69) is 20.1 Å². The Labute approximate surface area is 189 Å². The number of hydrogen-bond acceptors (Lipinski definition) is 6. The molecule has 0 bridgehead atoms. The highest BCUT2D eigenvalue weighted by atomic mass is 19.4. The fourth-order valence-corrected chi connectivity index (χ4v) is 2.78. The second-order valence-corrected chi connectivity index (χ2v) is 7.16. The van der Waals surface area contributed by atoms with E-state index >= 15 is 0 Å². The number of nitrogens with zero attached hydrogens (tertiary/aromatic N) is 3. The zero-order valence-corrected chi connectivity index (χ0v) is 18.1. The van der Waals surface area contributed by atoms with Gasteiger partial charge in [-0.15, -0.1) is 0 Å². The molecule has 0 fully saturated rings. The maximum Gasteiger partial charge on any atom is 0.417 e. The van der Waals surface area contributed by atoms with Gasteiger partial charge in [0.15, 0.2) is 12.7 Å². The number of nitrogens with one attached hydrogen (secondary N) is 1. The lowest BCUT2D eigenvalue weighted by atomic mass is 9.95. The summed E-state index contributed by atoms with van der Waals surface area (Å²) in [7, 11) is 0. The van der Waals surface area contributed by atoms with Crippen LogP contribution in [0.4, 0.5) is 32.2 Å². The SMILES string of the molecule is CC(=O)Nc1cc(C(C)C(ON(OCC(F)(F)F)C(=O)c2cccnc2)C(F)(F)F)cc(C)n1. The molecule has 0 saturated carbocycles. The normalized spacial score (nSPS) is 13.8. The van der Waals surface area contributed by atoms with Gasteiger partial charge in [0.2, 0.25) is 5.91 Å². The van der Waals surface area contributed by atoms with Gasteiger partial charge in [-0.1, -0.05) is 12.2 Å². The smallest absolute Gasteiger partial charge is 0.311 e. The van der Waals surface area contributed by atoms with Gasteiger partial charge in [0.25, 0.3) is 0 Å². The second-order valence-electron chi connectivity index (χ2n) is 7.16. The van der Waals surface area contributed by atoms with Crippen molar-refractivity contribution in [3.8, 4) is 0 Å². The highest BCUT2D eigenvalue weighted by Gasteiger charge is 2.48. The van der Waals surface area contributed by atoms with Gasteiger partial charge in [-0.25, -0.2) is 14.7 Å². The Kier molecular flexibility index (Phi) is 8.56. The number of hydroxylamine groups is 2. The monoisotopic (exact) mass is 494 g/mol. The minimum atomic E-state index is -5.14. The summed E-state index contributed by atoms with van der Waals surface area (Å²) in [4.78, 5) is 40.4. The van der Waals surface area contributed by atoms with Gasteiger partial charge in [-0.3, -0.25) is 14.6 Å². The first-order valence-electron chi connectivity index (χ1n) is 9.61. The Balaban J connectivity index is 2.41. The molecule has 1 N–H and O–H groups in total. The molecule has 2 aromatic rings. The maximum absolute atomic E-state index is 13.9. The first kappa shape index (κ1) is 27.0. The van der Waals surface area contributed by atoms with Crippen molar-refractivity contribution < 1.29 is 45.6 Å². The second kappa shape index (κ2) is 10.8. The summed E-state index contributed by atoms with van der Waals surface area (Å²) in [5.74, 6) is -3.54. The average molecular weight is 494 g/mol. The van der Waals surface area contributed by atoms with Crippen molar-refractivity contribution in [3.05, 3.63) is 53.5 Å². The van der Waals surface area contributed by atoms with E-state index < -0.39 is 48.0 Å². The molecule has 14 heteroatoms. The average Bonchev–Trinajstić information content (AvgIpc) is 2.71. The fourth-order valence-electron chi connectivity index (χ4n) is 2.78. The van der Waals surface area contributed by atoms with Crippen LogP contribution in [0.25, 0.3) is 0 Å². The van der Waals surface area contributed by atoms with Crippen molar-refractivity contribution in [1.29, 1.82) is 0 Å². The molecule has 2 atom stereocenters. The lowest BCUT2D eigenvalue weighted by Crippen LogP contribution is -2.45. The van der Waals surface area contributed by atoms with Crippen LogP contribution in [-0.4, -0.2) is 52.1 Å². The van der Waals surface area contributed by atoms with E-state index in [9.17, 15) is 35.9 Å². The molecule has 2 unspecified atom stereocenters. The van der Waals surface area contributed by atoms with Crippen molar-refractivity contribution in [1.82, 2.24) is 15.2 Å². The highest BCUT2D eigenvalue weighted by molar-refractivity contribution is 5.92. The fraction of sp³-hybridized carbons (Fsp3) is 0.400. The molecule has 2 amide bonds. The van der Waals surface area contributed by atoms with Crippen LogP contribution in [0.1, 0.15) is 41.4 Å². The van der Waals surface area contributed by atoms with Gasteiger partial charge >= 0.3 is 18.3 Å². The van der Waals surface area contributed by atoms with Crippen LogP contribution < -0.4 is 5.32 Å². The van der Waals surface area contributed by atoms with Crippen LogP contribution in [0.3, 0.4) is 0 Å². The van der Waals surface area contributed by atoms with Crippen molar-refractivity contribution in [3.63, 3.8) is 0 Å². The van der Waals surface area contributed by atoms with Crippen molar-refractivity contribution >= 4 is 17.6 Å².